The molecule has 13 heavy (non-hydrogen) atoms. The molecule has 0 aliphatic carbocycles. The molecular formula is C11H22N2. The molecule has 0 unspecified atom stereocenters. The van der Waals surface area contributed by atoms with E-state index in [1.165, 1.54) is 19.3 Å². The van der Waals surface area contributed by atoms with Crippen LogP contribution in [0.1, 0.15) is 32.6 Å². The molecule has 0 aromatic rings. The average molecular weight is 182 g/mol. The molecule has 0 saturated carbocycles. The Labute approximate surface area is 82.9 Å². The molecule has 0 radical (unpaired) electrons. The lowest BCUT2D eigenvalue weighted by molar-refractivity contribution is 0.333. The largest absolute Gasteiger partial charge is 0.305 e. The van der Waals surface area contributed by atoms with Crippen molar-refractivity contribution in [2.24, 2.45) is 0 Å². The normalized spacial score (nSPS) is 8.77. The van der Waals surface area contributed by atoms with Crippen LogP contribution in [0.5, 0.6) is 0 Å². The van der Waals surface area contributed by atoms with Gasteiger partial charge in [-0.15, -0.1) is 13.2 Å². The summed E-state index contributed by atoms with van der Waals surface area (Å²) in [6.45, 7) is 10.3. The van der Waals surface area contributed by atoms with Crippen molar-refractivity contribution in [1.82, 2.24) is 4.90 Å². The first-order valence-corrected chi connectivity index (χ1v) is 4.86. The summed E-state index contributed by atoms with van der Waals surface area (Å²) in [7, 11) is 2.08. The second-order valence-electron chi connectivity index (χ2n) is 2.92. The Bertz CT molecular complexity index is 127. The molecule has 2 nitrogen and oxygen atoms in total. The second-order valence-corrected chi connectivity index (χ2v) is 2.92. The van der Waals surface area contributed by atoms with E-state index >= 15 is 0 Å². The van der Waals surface area contributed by atoms with Crippen molar-refractivity contribution in [3.05, 3.63) is 13.2 Å². The summed E-state index contributed by atoms with van der Waals surface area (Å²) in [6.07, 6.45) is 4.49. The van der Waals surface area contributed by atoms with Gasteiger partial charge in [-0.3, -0.25) is 0 Å². The lowest BCUT2D eigenvalue weighted by Gasteiger charge is -2.13. The number of hydrogen-bond acceptors (Lipinski definition) is 2. The maximum atomic E-state index is 8.31. The molecule has 0 heterocycles. The van der Waals surface area contributed by atoms with E-state index in [1.54, 1.807) is 0 Å². The monoisotopic (exact) mass is 182 g/mol. The molecule has 0 aromatic carbocycles. The van der Waals surface area contributed by atoms with Crippen molar-refractivity contribution in [3.8, 4) is 6.07 Å². The summed E-state index contributed by atoms with van der Waals surface area (Å²) in [5.41, 5.74) is 0. The summed E-state index contributed by atoms with van der Waals surface area (Å²) < 4.78 is 0. The molecule has 0 saturated heterocycles. The zero-order valence-electron chi connectivity index (χ0n) is 9.05. The molecule has 0 aromatic heterocycles. The fraction of sp³-hybridized carbons (Fsp3) is 0.727. The summed E-state index contributed by atoms with van der Waals surface area (Å²) in [4.78, 5) is 2.22. The number of nitrogens with zero attached hydrogens (tertiary/aromatic N) is 2. The van der Waals surface area contributed by atoms with E-state index in [-0.39, 0.29) is 0 Å². The first-order chi connectivity index (χ1) is 6.31. The Balaban J connectivity index is 0. The van der Waals surface area contributed by atoms with Gasteiger partial charge in [0, 0.05) is 13.0 Å². The van der Waals surface area contributed by atoms with Gasteiger partial charge in [0.15, 0.2) is 0 Å². The smallest absolute Gasteiger partial charge is 0.0635 e. The fourth-order valence-electron chi connectivity index (χ4n) is 0.984. The highest BCUT2D eigenvalue weighted by Crippen LogP contribution is 1.96. The molecule has 0 atom stereocenters. The minimum absolute atomic E-state index is 0.655. The van der Waals surface area contributed by atoms with Gasteiger partial charge in [0.1, 0.15) is 0 Å². The first-order valence-electron chi connectivity index (χ1n) is 4.86. The van der Waals surface area contributed by atoms with Gasteiger partial charge in [-0.25, -0.2) is 0 Å². The third-order valence-corrected chi connectivity index (χ3v) is 1.75. The molecule has 0 aliphatic heterocycles. The van der Waals surface area contributed by atoms with Gasteiger partial charge < -0.3 is 4.90 Å². The maximum Gasteiger partial charge on any atom is 0.0635 e. The second kappa shape index (κ2) is 13.8. The summed E-state index contributed by atoms with van der Waals surface area (Å²) in [5.74, 6) is 0. The zero-order chi connectivity index (χ0) is 10.5. The lowest BCUT2D eigenvalue weighted by atomic mass is 10.2. The third kappa shape index (κ3) is 14.1. The topological polar surface area (TPSA) is 27.0 Å². The lowest BCUT2D eigenvalue weighted by Crippen LogP contribution is -2.20. The molecular weight excluding hydrogens is 160 g/mol. The van der Waals surface area contributed by atoms with Gasteiger partial charge in [0.25, 0.3) is 0 Å². The van der Waals surface area contributed by atoms with E-state index in [2.05, 4.69) is 38.1 Å². The van der Waals surface area contributed by atoms with E-state index in [0.717, 1.165) is 13.1 Å². The predicted molar refractivity (Wildman–Crippen MR) is 58.5 cm³/mol. The molecule has 0 aliphatic rings. The summed E-state index contributed by atoms with van der Waals surface area (Å²) >= 11 is 0. The van der Waals surface area contributed by atoms with E-state index in [9.17, 15) is 0 Å². The van der Waals surface area contributed by atoms with Gasteiger partial charge in [0.2, 0.25) is 0 Å². The first kappa shape index (κ1) is 14.7. The quantitative estimate of drug-likeness (QED) is 0.466. The fourth-order valence-corrected chi connectivity index (χ4v) is 0.984. The molecule has 0 bridgehead atoms. The van der Waals surface area contributed by atoms with Crippen molar-refractivity contribution in [2.75, 3.05) is 20.1 Å². The Morgan fingerprint density at radius 1 is 1.23 bits per heavy atom. The van der Waals surface area contributed by atoms with Crippen LogP contribution in [0.2, 0.25) is 0 Å². The van der Waals surface area contributed by atoms with Crippen molar-refractivity contribution in [3.63, 3.8) is 0 Å². The predicted octanol–water partition coefficient (Wildman–Crippen LogP) is 2.82. The van der Waals surface area contributed by atoms with Crippen molar-refractivity contribution >= 4 is 0 Å². The van der Waals surface area contributed by atoms with Crippen LogP contribution in [0.25, 0.3) is 0 Å². The summed E-state index contributed by atoms with van der Waals surface area (Å²) in [6, 6.07) is 2.15. The zero-order valence-corrected chi connectivity index (χ0v) is 9.05. The van der Waals surface area contributed by atoms with E-state index in [0.29, 0.717) is 6.42 Å². The van der Waals surface area contributed by atoms with Crippen molar-refractivity contribution < 1.29 is 0 Å². The maximum absolute atomic E-state index is 8.31. The number of unbranched alkanes of at least 4 members (excludes halogenated alkanes) is 2. The van der Waals surface area contributed by atoms with Gasteiger partial charge in [-0.1, -0.05) is 19.8 Å². The Kier molecular flexibility index (Phi) is 15.6. The Morgan fingerprint density at radius 3 is 2.31 bits per heavy atom. The van der Waals surface area contributed by atoms with Crippen LogP contribution in [-0.4, -0.2) is 25.0 Å². The molecule has 0 amide bonds. The van der Waals surface area contributed by atoms with Crippen LogP contribution in [0.15, 0.2) is 13.2 Å². The van der Waals surface area contributed by atoms with Crippen LogP contribution < -0.4 is 0 Å². The molecule has 0 N–H and O–H groups in total. The van der Waals surface area contributed by atoms with E-state index in [4.69, 9.17) is 5.26 Å². The standard InChI is InChI=1S/C9H18N2.C2H4/c1-3-4-5-8-11(2)9-6-7-10;1-2/h3-6,8-9H2,1-2H3;1-2H2. The SMILES string of the molecule is C=C.CCCCCN(C)CCC#N. The molecule has 2 heteroatoms. The molecule has 0 fully saturated rings. The highest BCUT2D eigenvalue weighted by molar-refractivity contribution is 4.70. The van der Waals surface area contributed by atoms with E-state index < -0.39 is 0 Å². The van der Waals surface area contributed by atoms with Gasteiger partial charge >= 0.3 is 0 Å². The van der Waals surface area contributed by atoms with Crippen LogP contribution in [-0.2, 0) is 0 Å². The number of nitriles is 1. The Morgan fingerprint density at radius 2 is 1.85 bits per heavy atom. The van der Waals surface area contributed by atoms with Crippen LogP contribution >= 0.6 is 0 Å². The van der Waals surface area contributed by atoms with Gasteiger partial charge in [-0.05, 0) is 20.0 Å². The van der Waals surface area contributed by atoms with Crippen molar-refractivity contribution in [2.45, 2.75) is 32.6 Å². The highest BCUT2D eigenvalue weighted by atomic mass is 15.1. The number of rotatable bonds is 6. The van der Waals surface area contributed by atoms with Crippen LogP contribution in [0.4, 0.5) is 0 Å². The van der Waals surface area contributed by atoms with Gasteiger partial charge in [0.05, 0.1) is 6.07 Å². The van der Waals surface area contributed by atoms with Crippen molar-refractivity contribution in [1.29, 1.82) is 5.26 Å². The minimum atomic E-state index is 0.655. The molecule has 76 valence electrons. The molecule has 0 rings (SSSR count). The number of hydrogen-bond donors (Lipinski definition) is 0. The highest BCUT2D eigenvalue weighted by Gasteiger charge is 1.95. The average Bonchev–Trinajstić information content (AvgIpc) is 2.18. The molecule has 0 spiro atoms. The van der Waals surface area contributed by atoms with Crippen LogP contribution in [0.3, 0.4) is 0 Å². The van der Waals surface area contributed by atoms with E-state index in [1.807, 2.05) is 0 Å². The Hall–Kier alpha value is -0.810. The minimum Gasteiger partial charge on any atom is -0.305 e. The summed E-state index contributed by atoms with van der Waals surface area (Å²) in [5, 5.41) is 8.31. The van der Waals surface area contributed by atoms with Crippen LogP contribution in [0, 0.1) is 11.3 Å². The van der Waals surface area contributed by atoms with Gasteiger partial charge in [-0.2, -0.15) is 5.26 Å². The third-order valence-electron chi connectivity index (χ3n) is 1.75.